The Balaban J connectivity index is 1.80. The van der Waals surface area contributed by atoms with E-state index in [9.17, 15) is 4.79 Å². The molecule has 0 fully saturated rings. The highest BCUT2D eigenvalue weighted by atomic mass is 16.2. The number of fused-ring (bicyclic) bond motifs is 1. The standard InChI is InChI=1S/C17H18N6O/c1-21-11-15-19-20-16(13-9-18-22(2)10-13)23(15)14(17(21)24)8-12-6-4-3-5-7-12/h3-7,9-10,14H,8,11H2,1-2H3/t14-/m0/s1. The molecule has 1 aliphatic heterocycles. The summed E-state index contributed by atoms with van der Waals surface area (Å²) in [6.07, 6.45) is 4.25. The van der Waals surface area contributed by atoms with E-state index in [1.807, 2.05) is 55.2 Å². The second-order valence-corrected chi connectivity index (χ2v) is 6.11. The van der Waals surface area contributed by atoms with Crippen molar-refractivity contribution >= 4 is 5.91 Å². The highest BCUT2D eigenvalue weighted by molar-refractivity contribution is 5.82. The van der Waals surface area contributed by atoms with E-state index in [-0.39, 0.29) is 11.9 Å². The summed E-state index contributed by atoms with van der Waals surface area (Å²) in [6.45, 7) is 0.470. The van der Waals surface area contributed by atoms with Crippen LogP contribution in [0.25, 0.3) is 11.4 Å². The number of hydrogen-bond donors (Lipinski definition) is 0. The number of aromatic nitrogens is 5. The first-order valence-electron chi connectivity index (χ1n) is 7.85. The number of benzene rings is 1. The van der Waals surface area contributed by atoms with E-state index < -0.39 is 0 Å². The number of hydrogen-bond acceptors (Lipinski definition) is 4. The minimum atomic E-state index is -0.341. The summed E-state index contributed by atoms with van der Waals surface area (Å²) in [4.78, 5) is 14.5. The minimum absolute atomic E-state index is 0.0799. The van der Waals surface area contributed by atoms with Gasteiger partial charge in [0, 0.05) is 26.7 Å². The molecule has 0 saturated carbocycles. The molecule has 7 nitrogen and oxygen atoms in total. The molecule has 122 valence electrons. The zero-order valence-corrected chi connectivity index (χ0v) is 13.6. The van der Waals surface area contributed by atoms with Gasteiger partial charge in [0.25, 0.3) is 0 Å². The zero-order valence-electron chi connectivity index (χ0n) is 13.6. The lowest BCUT2D eigenvalue weighted by Gasteiger charge is -2.31. The van der Waals surface area contributed by atoms with Crippen LogP contribution in [0.4, 0.5) is 0 Å². The maximum absolute atomic E-state index is 12.8. The van der Waals surface area contributed by atoms with Gasteiger partial charge < -0.3 is 4.90 Å². The van der Waals surface area contributed by atoms with Gasteiger partial charge in [0.1, 0.15) is 6.04 Å². The highest BCUT2D eigenvalue weighted by Gasteiger charge is 2.34. The van der Waals surface area contributed by atoms with Crippen LogP contribution in [0.3, 0.4) is 0 Å². The monoisotopic (exact) mass is 322 g/mol. The van der Waals surface area contributed by atoms with Gasteiger partial charge in [-0.25, -0.2) is 0 Å². The molecule has 0 radical (unpaired) electrons. The summed E-state index contributed by atoms with van der Waals surface area (Å²) >= 11 is 0. The molecule has 0 saturated heterocycles. The second kappa shape index (κ2) is 5.59. The van der Waals surface area contributed by atoms with Crippen molar-refractivity contribution in [2.75, 3.05) is 7.05 Å². The van der Waals surface area contributed by atoms with Crippen molar-refractivity contribution in [3.8, 4) is 11.4 Å². The van der Waals surface area contributed by atoms with Gasteiger partial charge in [-0.3, -0.25) is 14.0 Å². The van der Waals surface area contributed by atoms with E-state index in [0.29, 0.717) is 18.8 Å². The quantitative estimate of drug-likeness (QED) is 0.731. The van der Waals surface area contributed by atoms with Gasteiger partial charge in [-0.05, 0) is 5.56 Å². The average molecular weight is 322 g/mol. The van der Waals surface area contributed by atoms with Crippen molar-refractivity contribution in [3.63, 3.8) is 0 Å². The maximum atomic E-state index is 12.8. The van der Waals surface area contributed by atoms with Gasteiger partial charge in [-0.2, -0.15) is 5.10 Å². The molecule has 3 aromatic rings. The fourth-order valence-corrected chi connectivity index (χ4v) is 3.16. The van der Waals surface area contributed by atoms with Crippen LogP contribution in [0.5, 0.6) is 0 Å². The molecule has 1 amide bonds. The number of rotatable bonds is 3. The molecule has 0 spiro atoms. The predicted octanol–water partition coefficient (Wildman–Crippen LogP) is 1.43. The molecule has 24 heavy (non-hydrogen) atoms. The molecule has 0 unspecified atom stereocenters. The average Bonchev–Trinajstić information content (AvgIpc) is 3.18. The van der Waals surface area contributed by atoms with Gasteiger partial charge in [0.15, 0.2) is 11.6 Å². The van der Waals surface area contributed by atoms with Crippen LogP contribution < -0.4 is 0 Å². The van der Waals surface area contributed by atoms with Crippen LogP contribution in [0, 0.1) is 0 Å². The van der Waals surface area contributed by atoms with E-state index in [2.05, 4.69) is 15.3 Å². The first kappa shape index (κ1) is 14.6. The Morgan fingerprint density at radius 2 is 1.96 bits per heavy atom. The number of likely N-dealkylation sites (N-methyl/N-ethyl adjacent to an activating group) is 1. The lowest BCUT2D eigenvalue weighted by atomic mass is 10.0. The molecule has 1 aliphatic rings. The van der Waals surface area contributed by atoms with Crippen molar-refractivity contribution in [3.05, 3.63) is 54.1 Å². The van der Waals surface area contributed by atoms with Crippen LogP contribution in [-0.4, -0.2) is 42.4 Å². The third kappa shape index (κ3) is 2.38. The molecular formula is C17H18N6O. The minimum Gasteiger partial charge on any atom is -0.336 e. The Labute approximate surface area is 139 Å². The number of amides is 1. The molecular weight excluding hydrogens is 304 g/mol. The molecule has 0 bridgehead atoms. The Bertz CT molecular complexity index is 882. The fraction of sp³-hybridized carbons (Fsp3) is 0.294. The van der Waals surface area contributed by atoms with E-state index in [1.165, 1.54) is 0 Å². The Morgan fingerprint density at radius 1 is 1.17 bits per heavy atom. The third-order valence-electron chi connectivity index (χ3n) is 4.35. The van der Waals surface area contributed by atoms with Crippen molar-refractivity contribution in [2.45, 2.75) is 19.0 Å². The largest absolute Gasteiger partial charge is 0.336 e. The molecule has 0 N–H and O–H groups in total. The van der Waals surface area contributed by atoms with Gasteiger partial charge in [0.05, 0.1) is 18.3 Å². The highest BCUT2D eigenvalue weighted by Crippen LogP contribution is 2.29. The Kier molecular flexibility index (Phi) is 3.41. The summed E-state index contributed by atoms with van der Waals surface area (Å²) in [7, 11) is 3.67. The first-order chi connectivity index (χ1) is 11.6. The van der Waals surface area contributed by atoms with Gasteiger partial charge >= 0.3 is 0 Å². The van der Waals surface area contributed by atoms with Gasteiger partial charge in [-0.1, -0.05) is 30.3 Å². The topological polar surface area (TPSA) is 68.8 Å². The lowest BCUT2D eigenvalue weighted by Crippen LogP contribution is -2.41. The first-order valence-corrected chi connectivity index (χ1v) is 7.85. The third-order valence-corrected chi connectivity index (χ3v) is 4.35. The number of aryl methyl sites for hydroxylation is 1. The summed E-state index contributed by atoms with van der Waals surface area (Å²) in [6, 6.07) is 9.68. The predicted molar refractivity (Wildman–Crippen MR) is 87.9 cm³/mol. The van der Waals surface area contributed by atoms with Crippen molar-refractivity contribution < 1.29 is 4.79 Å². The van der Waals surface area contributed by atoms with Crippen molar-refractivity contribution in [1.29, 1.82) is 0 Å². The lowest BCUT2D eigenvalue weighted by molar-refractivity contribution is -0.135. The zero-order chi connectivity index (χ0) is 16.7. The molecule has 7 heteroatoms. The molecule has 1 atom stereocenters. The molecule has 4 rings (SSSR count). The fourth-order valence-electron chi connectivity index (χ4n) is 3.16. The van der Waals surface area contributed by atoms with Crippen LogP contribution in [-0.2, 0) is 24.8 Å². The van der Waals surface area contributed by atoms with Gasteiger partial charge in [0.2, 0.25) is 5.91 Å². The number of carbonyl (C=O) groups is 1. The van der Waals surface area contributed by atoms with E-state index in [1.54, 1.807) is 15.8 Å². The molecule has 3 heterocycles. The SMILES string of the molecule is CN1Cc2nnc(-c3cnn(C)c3)n2[C@@H](Cc2ccccc2)C1=O. The number of nitrogens with zero attached hydrogens (tertiary/aromatic N) is 6. The summed E-state index contributed by atoms with van der Waals surface area (Å²) < 4.78 is 3.69. The van der Waals surface area contributed by atoms with Crippen LogP contribution in [0.2, 0.25) is 0 Å². The molecule has 0 aliphatic carbocycles. The van der Waals surface area contributed by atoms with Crippen molar-refractivity contribution in [1.82, 2.24) is 29.4 Å². The van der Waals surface area contributed by atoms with E-state index in [4.69, 9.17) is 0 Å². The summed E-state index contributed by atoms with van der Waals surface area (Å²) in [5, 5.41) is 12.8. The van der Waals surface area contributed by atoms with Gasteiger partial charge in [-0.15, -0.1) is 10.2 Å². The van der Waals surface area contributed by atoms with E-state index in [0.717, 1.165) is 17.0 Å². The van der Waals surface area contributed by atoms with Crippen LogP contribution in [0.15, 0.2) is 42.7 Å². The maximum Gasteiger partial charge on any atom is 0.246 e. The normalized spacial score (nSPS) is 17.2. The van der Waals surface area contributed by atoms with Crippen LogP contribution >= 0.6 is 0 Å². The molecule has 1 aromatic carbocycles. The second-order valence-electron chi connectivity index (χ2n) is 6.11. The van der Waals surface area contributed by atoms with Crippen molar-refractivity contribution in [2.24, 2.45) is 7.05 Å². The number of carbonyl (C=O) groups excluding carboxylic acids is 1. The Hall–Kier alpha value is -2.96. The summed E-state index contributed by atoms with van der Waals surface area (Å²) in [5.74, 6) is 1.58. The smallest absolute Gasteiger partial charge is 0.246 e. The summed E-state index contributed by atoms with van der Waals surface area (Å²) in [5.41, 5.74) is 1.98. The molecule has 2 aromatic heterocycles. The van der Waals surface area contributed by atoms with Crippen LogP contribution in [0.1, 0.15) is 17.4 Å². The van der Waals surface area contributed by atoms with E-state index >= 15 is 0 Å². The Morgan fingerprint density at radius 3 is 2.67 bits per heavy atom.